The predicted molar refractivity (Wildman–Crippen MR) is 155 cm³/mol. The SMILES string of the molecule is c1ccc(-c2ccccc2-c2nc(-n3c4ccccc4c4c5ccccc5ccc43)nc3occc23)cc1. The van der Waals surface area contributed by atoms with Crippen LogP contribution in [0.5, 0.6) is 0 Å². The summed E-state index contributed by atoms with van der Waals surface area (Å²) in [5.41, 5.74) is 6.85. The van der Waals surface area contributed by atoms with Gasteiger partial charge in [-0.2, -0.15) is 4.98 Å². The second-order valence-corrected chi connectivity index (χ2v) is 9.46. The third kappa shape index (κ3) is 3.04. The number of aromatic nitrogens is 3. The van der Waals surface area contributed by atoms with E-state index in [1.165, 1.54) is 21.5 Å². The van der Waals surface area contributed by atoms with Gasteiger partial charge in [-0.1, -0.05) is 103 Å². The molecule has 3 heterocycles. The summed E-state index contributed by atoms with van der Waals surface area (Å²) in [5, 5.41) is 5.70. The zero-order chi connectivity index (χ0) is 25.1. The van der Waals surface area contributed by atoms with E-state index >= 15 is 0 Å². The van der Waals surface area contributed by atoms with Crippen LogP contribution in [0.25, 0.3) is 72.0 Å². The second kappa shape index (κ2) is 8.15. The fraction of sp³-hybridized carbons (Fsp3) is 0. The van der Waals surface area contributed by atoms with E-state index in [9.17, 15) is 0 Å². The minimum Gasteiger partial charge on any atom is -0.446 e. The molecule has 4 heteroatoms. The van der Waals surface area contributed by atoms with Crippen molar-refractivity contribution >= 4 is 43.7 Å². The van der Waals surface area contributed by atoms with Crippen LogP contribution < -0.4 is 0 Å². The molecule has 0 spiro atoms. The summed E-state index contributed by atoms with van der Waals surface area (Å²) in [6.45, 7) is 0. The van der Waals surface area contributed by atoms with Crippen molar-refractivity contribution in [3.05, 3.63) is 128 Å². The van der Waals surface area contributed by atoms with Crippen LogP contribution in [-0.2, 0) is 0 Å². The molecule has 4 nitrogen and oxygen atoms in total. The lowest BCUT2D eigenvalue weighted by molar-refractivity contribution is 0.601. The normalized spacial score (nSPS) is 11.7. The molecule has 8 rings (SSSR count). The highest BCUT2D eigenvalue weighted by atomic mass is 16.3. The number of hydrogen-bond donors (Lipinski definition) is 0. The van der Waals surface area contributed by atoms with E-state index in [1.54, 1.807) is 6.26 Å². The molecular weight excluding hydrogens is 466 g/mol. The van der Waals surface area contributed by atoms with Gasteiger partial charge in [-0.15, -0.1) is 0 Å². The number of nitrogens with zero attached hydrogens (tertiary/aromatic N) is 3. The molecule has 5 aromatic carbocycles. The molecule has 0 bridgehead atoms. The molecule has 0 fully saturated rings. The molecule has 0 unspecified atom stereocenters. The van der Waals surface area contributed by atoms with Crippen LogP contribution >= 0.6 is 0 Å². The van der Waals surface area contributed by atoms with Gasteiger partial charge in [0.15, 0.2) is 0 Å². The Morgan fingerprint density at radius 3 is 2.16 bits per heavy atom. The minimum atomic E-state index is 0.569. The molecule has 0 aliphatic heterocycles. The first-order valence-electron chi connectivity index (χ1n) is 12.7. The molecule has 0 aliphatic rings. The molecule has 0 saturated heterocycles. The van der Waals surface area contributed by atoms with E-state index in [-0.39, 0.29) is 0 Å². The quantitative estimate of drug-likeness (QED) is 0.250. The van der Waals surface area contributed by atoms with Gasteiger partial charge in [0.2, 0.25) is 11.7 Å². The number of rotatable bonds is 3. The van der Waals surface area contributed by atoms with E-state index in [1.807, 2.05) is 12.1 Å². The summed E-state index contributed by atoms with van der Waals surface area (Å²) in [7, 11) is 0. The molecule has 0 atom stereocenters. The summed E-state index contributed by atoms with van der Waals surface area (Å²) in [5.74, 6) is 0.590. The largest absolute Gasteiger partial charge is 0.446 e. The highest BCUT2D eigenvalue weighted by molar-refractivity contribution is 6.21. The van der Waals surface area contributed by atoms with E-state index in [0.717, 1.165) is 38.8 Å². The fourth-order valence-electron chi connectivity index (χ4n) is 5.66. The lowest BCUT2D eigenvalue weighted by Gasteiger charge is -2.13. The third-order valence-electron chi connectivity index (χ3n) is 7.34. The van der Waals surface area contributed by atoms with E-state index in [2.05, 4.69) is 114 Å². The van der Waals surface area contributed by atoms with E-state index in [0.29, 0.717) is 11.7 Å². The van der Waals surface area contributed by atoms with Crippen molar-refractivity contribution < 1.29 is 4.42 Å². The van der Waals surface area contributed by atoms with Crippen molar-refractivity contribution in [2.75, 3.05) is 0 Å². The summed E-state index contributed by atoms with van der Waals surface area (Å²) in [6.07, 6.45) is 1.69. The van der Waals surface area contributed by atoms with Gasteiger partial charge >= 0.3 is 0 Å². The van der Waals surface area contributed by atoms with Crippen molar-refractivity contribution in [2.45, 2.75) is 0 Å². The number of para-hydroxylation sites is 1. The number of hydrogen-bond acceptors (Lipinski definition) is 3. The van der Waals surface area contributed by atoms with Gasteiger partial charge < -0.3 is 4.42 Å². The first kappa shape index (κ1) is 20.9. The topological polar surface area (TPSA) is 43.9 Å². The van der Waals surface area contributed by atoms with Crippen LogP contribution in [0.4, 0.5) is 0 Å². The second-order valence-electron chi connectivity index (χ2n) is 9.46. The number of benzene rings is 5. The van der Waals surface area contributed by atoms with Crippen LogP contribution in [0.15, 0.2) is 132 Å². The van der Waals surface area contributed by atoms with E-state index in [4.69, 9.17) is 14.4 Å². The van der Waals surface area contributed by atoms with Gasteiger partial charge in [-0.25, -0.2) is 4.98 Å². The molecule has 3 aromatic heterocycles. The third-order valence-corrected chi connectivity index (χ3v) is 7.34. The zero-order valence-corrected chi connectivity index (χ0v) is 20.4. The monoisotopic (exact) mass is 487 g/mol. The molecule has 38 heavy (non-hydrogen) atoms. The van der Waals surface area contributed by atoms with Crippen LogP contribution in [0.1, 0.15) is 0 Å². The highest BCUT2D eigenvalue weighted by Crippen LogP contribution is 2.39. The van der Waals surface area contributed by atoms with Crippen LogP contribution in [0.2, 0.25) is 0 Å². The highest BCUT2D eigenvalue weighted by Gasteiger charge is 2.20. The van der Waals surface area contributed by atoms with Crippen molar-refractivity contribution in [3.8, 4) is 28.3 Å². The average molecular weight is 488 g/mol. The van der Waals surface area contributed by atoms with E-state index < -0.39 is 0 Å². The Morgan fingerprint density at radius 2 is 1.26 bits per heavy atom. The average Bonchev–Trinajstić information content (AvgIpc) is 3.60. The van der Waals surface area contributed by atoms with Gasteiger partial charge in [0.25, 0.3) is 0 Å². The number of furan rings is 1. The minimum absolute atomic E-state index is 0.569. The van der Waals surface area contributed by atoms with Crippen molar-refractivity contribution in [3.63, 3.8) is 0 Å². The van der Waals surface area contributed by atoms with Crippen LogP contribution in [0.3, 0.4) is 0 Å². The number of fused-ring (bicyclic) bond motifs is 6. The Hall–Kier alpha value is -5.22. The smallest absolute Gasteiger partial charge is 0.238 e. The van der Waals surface area contributed by atoms with Crippen LogP contribution in [-0.4, -0.2) is 14.5 Å². The Bertz CT molecular complexity index is 2140. The summed E-state index contributed by atoms with van der Waals surface area (Å²) in [4.78, 5) is 10.2. The molecule has 8 aromatic rings. The Labute approximate surface area is 218 Å². The van der Waals surface area contributed by atoms with Crippen molar-refractivity contribution in [1.82, 2.24) is 14.5 Å². The lowest BCUT2D eigenvalue weighted by atomic mass is 9.96. The molecule has 0 aliphatic carbocycles. The standard InChI is InChI=1S/C34H21N3O/c1-2-10-22(11-3-1)24-13-6-7-15-26(24)32-28-20-21-38-33(28)36-34(35-32)37-29-17-9-8-16-27(29)31-25-14-5-4-12-23(25)18-19-30(31)37/h1-21H. The van der Waals surface area contributed by atoms with Crippen molar-refractivity contribution in [1.29, 1.82) is 0 Å². The first-order chi connectivity index (χ1) is 18.9. The van der Waals surface area contributed by atoms with Gasteiger partial charge in [0.05, 0.1) is 28.4 Å². The Balaban J connectivity index is 1.47. The summed E-state index contributed by atoms with van der Waals surface area (Å²) in [6, 6.07) is 42.1. The molecule has 178 valence electrons. The van der Waals surface area contributed by atoms with Crippen molar-refractivity contribution in [2.24, 2.45) is 0 Å². The molecule has 0 amide bonds. The lowest BCUT2D eigenvalue weighted by Crippen LogP contribution is -2.03. The zero-order valence-electron chi connectivity index (χ0n) is 20.4. The molecule has 0 N–H and O–H groups in total. The molecule has 0 saturated carbocycles. The van der Waals surface area contributed by atoms with Gasteiger partial charge in [-0.05, 0) is 40.1 Å². The maximum Gasteiger partial charge on any atom is 0.238 e. The van der Waals surface area contributed by atoms with Gasteiger partial charge in [-0.3, -0.25) is 4.57 Å². The Kier molecular flexibility index (Phi) is 4.49. The summed E-state index contributed by atoms with van der Waals surface area (Å²) < 4.78 is 8.05. The molecular formula is C34H21N3O. The predicted octanol–water partition coefficient (Wildman–Crippen LogP) is 8.81. The maximum atomic E-state index is 5.89. The first-order valence-corrected chi connectivity index (χ1v) is 12.7. The Morgan fingerprint density at radius 1 is 0.526 bits per heavy atom. The fourth-order valence-corrected chi connectivity index (χ4v) is 5.66. The molecule has 0 radical (unpaired) electrons. The summed E-state index contributed by atoms with van der Waals surface area (Å²) >= 11 is 0. The maximum absolute atomic E-state index is 5.89. The van der Waals surface area contributed by atoms with Gasteiger partial charge in [0.1, 0.15) is 0 Å². The van der Waals surface area contributed by atoms with Gasteiger partial charge in [0, 0.05) is 16.3 Å². The van der Waals surface area contributed by atoms with Crippen LogP contribution in [0, 0.1) is 0 Å².